The van der Waals surface area contributed by atoms with Crippen molar-refractivity contribution in [2.75, 3.05) is 0 Å². The predicted molar refractivity (Wildman–Crippen MR) is 73.7 cm³/mol. The average molecular weight is 284 g/mol. The fourth-order valence-corrected chi connectivity index (χ4v) is 1.69. The van der Waals surface area contributed by atoms with Gasteiger partial charge in [0.25, 0.3) is 11.4 Å². The highest BCUT2D eigenvalue weighted by Crippen LogP contribution is 2.23. The second-order valence-electron chi connectivity index (χ2n) is 4.16. The van der Waals surface area contributed by atoms with Crippen LogP contribution in [0.25, 0.3) is 0 Å². The van der Waals surface area contributed by atoms with Crippen molar-refractivity contribution in [2.24, 2.45) is 0 Å². The van der Waals surface area contributed by atoms with Crippen molar-refractivity contribution in [3.05, 3.63) is 67.8 Å². The minimum Gasteiger partial charge on any atom is -0.279 e. The summed E-state index contributed by atoms with van der Waals surface area (Å²) in [6.07, 6.45) is 6.03. The van der Waals surface area contributed by atoms with Crippen molar-refractivity contribution >= 4 is 17.2 Å². The third kappa shape index (κ3) is 3.39. The molecule has 21 heavy (non-hydrogen) atoms. The number of carbonyl (C=O) groups excluding carboxylic acids is 1. The first-order valence-corrected chi connectivity index (χ1v) is 5.83. The van der Waals surface area contributed by atoms with E-state index in [4.69, 9.17) is 0 Å². The van der Waals surface area contributed by atoms with Crippen molar-refractivity contribution in [3.63, 3.8) is 0 Å². The number of nitrogens with zero attached hydrogens (tertiary/aromatic N) is 2. The number of Topliss-reactive ketones (excluding diaryl/α,β-unsaturated/α-hetero) is 1. The van der Waals surface area contributed by atoms with Crippen molar-refractivity contribution < 1.29 is 14.6 Å². The number of benzene rings is 1. The Morgan fingerprint density at radius 2 is 1.71 bits per heavy atom. The maximum absolute atomic E-state index is 11.9. The minimum absolute atomic E-state index is 0.171. The Labute approximate surface area is 118 Å². The molecule has 1 aromatic rings. The topological polar surface area (TPSA) is 103 Å². The molecule has 0 radical (unpaired) electrons. The average Bonchev–Trinajstić information content (AvgIpc) is 2.97. The first kappa shape index (κ1) is 14.1. The first-order valence-electron chi connectivity index (χ1n) is 5.83. The van der Waals surface area contributed by atoms with E-state index in [0.29, 0.717) is 6.42 Å². The number of hydrogen-bond donors (Lipinski definition) is 0. The molecule has 0 unspecified atom stereocenters. The van der Waals surface area contributed by atoms with E-state index >= 15 is 0 Å². The van der Waals surface area contributed by atoms with Crippen LogP contribution in [-0.4, -0.2) is 15.6 Å². The van der Waals surface area contributed by atoms with Gasteiger partial charge in [-0.25, -0.2) is 0 Å². The Morgan fingerprint density at radius 1 is 1.10 bits per heavy atom. The quantitative estimate of drug-likeness (QED) is 0.279. The van der Waals surface area contributed by atoms with Gasteiger partial charge in [-0.05, 0) is 12.3 Å². The summed E-state index contributed by atoms with van der Waals surface area (Å²) in [5.74, 6) is 4.27. The van der Waals surface area contributed by atoms with Crippen LogP contribution in [0.3, 0.4) is 0 Å². The number of non-ortho nitro benzene ring substituents is 2. The molecule has 0 heterocycles. The molecule has 0 atom stereocenters. The standard InChI is InChI=1S/C14H8N2O5/c17-14(6-5-10-3-1-2-4-10)11-7-12(15(18)19)9-13(8-11)16(20)21/h1-3,7-9H,4H2. The normalized spacial score (nSPS) is 12.3. The zero-order chi connectivity index (χ0) is 15.4. The van der Waals surface area contributed by atoms with Gasteiger partial charge in [0.2, 0.25) is 5.78 Å². The van der Waals surface area contributed by atoms with E-state index in [2.05, 4.69) is 11.8 Å². The smallest absolute Gasteiger partial charge is 0.277 e. The van der Waals surface area contributed by atoms with Gasteiger partial charge in [0, 0.05) is 23.3 Å². The van der Waals surface area contributed by atoms with Crippen LogP contribution in [-0.2, 0) is 0 Å². The molecule has 0 fully saturated rings. The largest absolute Gasteiger partial charge is 0.279 e. The molecule has 7 nitrogen and oxygen atoms in total. The summed E-state index contributed by atoms with van der Waals surface area (Å²) in [6.45, 7) is 0. The van der Waals surface area contributed by atoms with Crippen molar-refractivity contribution in [3.8, 4) is 11.8 Å². The van der Waals surface area contributed by atoms with Gasteiger partial charge in [0.15, 0.2) is 0 Å². The van der Waals surface area contributed by atoms with Gasteiger partial charge in [0.1, 0.15) is 0 Å². The van der Waals surface area contributed by atoms with Gasteiger partial charge >= 0.3 is 0 Å². The highest BCUT2D eigenvalue weighted by molar-refractivity contribution is 6.10. The van der Waals surface area contributed by atoms with Gasteiger partial charge in [-0.1, -0.05) is 24.1 Å². The lowest BCUT2D eigenvalue weighted by atomic mass is 10.1. The van der Waals surface area contributed by atoms with Crippen LogP contribution in [0.2, 0.25) is 0 Å². The van der Waals surface area contributed by atoms with E-state index in [1.165, 1.54) is 0 Å². The fourth-order valence-electron chi connectivity index (χ4n) is 1.69. The minimum atomic E-state index is -0.791. The number of allylic oxidation sites excluding steroid dienone is 4. The third-order valence-electron chi connectivity index (χ3n) is 2.69. The lowest BCUT2D eigenvalue weighted by Crippen LogP contribution is -2.00. The van der Waals surface area contributed by atoms with E-state index in [0.717, 1.165) is 23.8 Å². The zero-order valence-electron chi connectivity index (χ0n) is 10.6. The van der Waals surface area contributed by atoms with Gasteiger partial charge in [0.05, 0.1) is 15.9 Å². The molecular formula is C14H8N2O5. The van der Waals surface area contributed by atoms with Crippen LogP contribution in [0.15, 0.2) is 42.0 Å². The second kappa shape index (κ2) is 5.79. The van der Waals surface area contributed by atoms with E-state index < -0.39 is 27.0 Å². The third-order valence-corrected chi connectivity index (χ3v) is 2.69. The van der Waals surface area contributed by atoms with Crippen molar-refractivity contribution in [1.82, 2.24) is 0 Å². The monoisotopic (exact) mass is 284 g/mol. The number of ketones is 1. The number of hydrogen-bond acceptors (Lipinski definition) is 5. The Kier molecular flexibility index (Phi) is 3.90. The summed E-state index contributed by atoms with van der Waals surface area (Å²) in [5, 5.41) is 21.5. The SMILES string of the molecule is O=C(C#CC1=CC=CC1)c1cc([N+](=O)[O-])cc([N+](=O)[O-])c1. The van der Waals surface area contributed by atoms with E-state index in [-0.39, 0.29) is 5.56 Å². The van der Waals surface area contributed by atoms with Crippen LogP contribution >= 0.6 is 0 Å². The Morgan fingerprint density at radius 3 is 2.19 bits per heavy atom. The van der Waals surface area contributed by atoms with Crippen molar-refractivity contribution in [1.29, 1.82) is 0 Å². The number of nitro groups is 2. The summed E-state index contributed by atoms with van der Waals surface area (Å²) in [7, 11) is 0. The molecule has 0 amide bonds. The maximum Gasteiger partial charge on any atom is 0.277 e. The Hall–Kier alpha value is -3.27. The predicted octanol–water partition coefficient (Wildman–Crippen LogP) is 2.58. The summed E-state index contributed by atoms with van der Waals surface area (Å²) in [5.41, 5.74) is -0.467. The molecular weight excluding hydrogens is 276 g/mol. The van der Waals surface area contributed by atoms with Gasteiger partial charge in [-0.2, -0.15) is 0 Å². The molecule has 1 aliphatic rings. The summed E-state index contributed by atoms with van der Waals surface area (Å²) in [6, 6.07) is 2.75. The van der Waals surface area contributed by atoms with E-state index in [1.54, 1.807) is 12.2 Å². The molecule has 0 saturated carbocycles. The van der Waals surface area contributed by atoms with Gasteiger partial charge in [-0.3, -0.25) is 25.0 Å². The number of nitro benzene ring substituents is 2. The second-order valence-corrected chi connectivity index (χ2v) is 4.16. The lowest BCUT2D eigenvalue weighted by Gasteiger charge is -1.97. The van der Waals surface area contributed by atoms with Crippen LogP contribution in [0, 0.1) is 32.1 Å². The molecule has 0 aliphatic heterocycles. The van der Waals surface area contributed by atoms with Crippen LogP contribution in [0.5, 0.6) is 0 Å². The molecule has 104 valence electrons. The zero-order valence-corrected chi connectivity index (χ0v) is 10.6. The summed E-state index contributed by atoms with van der Waals surface area (Å²) < 4.78 is 0. The van der Waals surface area contributed by atoms with E-state index in [9.17, 15) is 25.0 Å². The molecule has 2 rings (SSSR count). The molecule has 1 aliphatic carbocycles. The number of carbonyl (C=O) groups is 1. The van der Waals surface area contributed by atoms with Gasteiger partial charge in [-0.15, -0.1) is 0 Å². The molecule has 0 N–H and O–H groups in total. The fraction of sp³-hybridized carbons (Fsp3) is 0.0714. The summed E-state index contributed by atoms with van der Waals surface area (Å²) >= 11 is 0. The Balaban J connectivity index is 2.35. The van der Waals surface area contributed by atoms with Crippen molar-refractivity contribution in [2.45, 2.75) is 6.42 Å². The molecule has 0 spiro atoms. The highest BCUT2D eigenvalue weighted by Gasteiger charge is 2.19. The molecule has 1 aromatic carbocycles. The van der Waals surface area contributed by atoms with Crippen LogP contribution < -0.4 is 0 Å². The Bertz CT molecular complexity index is 733. The maximum atomic E-state index is 11.9. The molecule has 0 saturated heterocycles. The summed E-state index contributed by atoms with van der Waals surface area (Å²) in [4.78, 5) is 31.8. The highest BCUT2D eigenvalue weighted by atomic mass is 16.6. The van der Waals surface area contributed by atoms with E-state index in [1.807, 2.05) is 6.08 Å². The van der Waals surface area contributed by atoms with Crippen LogP contribution in [0.4, 0.5) is 11.4 Å². The number of rotatable bonds is 3. The molecule has 0 aromatic heterocycles. The van der Waals surface area contributed by atoms with Gasteiger partial charge < -0.3 is 0 Å². The molecule has 7 heteroatoms. The van der Waals surface area contributed by atoms with Crippen LogP contribution in [0.1, 0.15) is 16.8 Å². The lowest BCUT2D eigenvalue weighted by molar-refractivity contribution is -0.394. The molecule has 0 bridgehead atoms. The first-order chi connectivity index (χ1) is 9.97.